The third-order valence-corrected chi connectivity index (χ3v) is 5.16. The predicted molar refractivity (Wildman–Crippen MR) is 102 cm³/mol. The van der Waals surface area contributed by atoms with Gasteiger partial charge < -0.3 is 5.32 Å². The molecule has 1 N–H and O–H groups in total. The quantitative estimate of drug-likeness (QED) is 0.599. The highest BCUT2D eigenvalue weighted by molar-refractivity contribution is 9.10. The van der Waals surface area contributed by atoms with E-state index in [1.807, 2.05) is 25.1 Å². The summed E-state index contributed by atoms with van der Waals surface area (Å²) < 4.78 is 0.809. The maximum absolute atomic E-state index is 12.9. The van der Waals surface area contributed by atoms with Crippen LogP contribution >= 0.6 is 15.9 Å². The van der Waals surface area contributed by atoms with Crippen molar-refractivity contribution in [2.45, 2.75) is 25.8 Å². The lowest BCUT2D eigenvalue weighted by molar-refractivity contribution is -0.130. The number of hydrogen-bond acceptors (Lipinski definition) is 3. The number of carbonyl (C=O) groups excluding carboxylic acids is 3. The second kappa shape index (κ2) is 7.03. The molecule has 1 fully saturated rings. The minimum atomic E-state index is -1.19. The van der Waals surface area contributed by atoms with Gasteiger partial charge in [-0.15, -0.1) is 0 Å². The number of ketones is 1. The standard InChI is InChI=1S/C20H19BrN2O3/c1-3-13-7-9-14(10-8-13)17(24)12-23-18(25)20(2,22-19(23)26)15-5-4-6-16(21)11-15/h4-11H,3,12H2,1-2H3,(H,22,26)/t20-/m1/s1. The molecule has 3 amide bonds. The molecule has 2 aromatic carbocycles. The highest BCUT2D eigenvalue weighted by Crippen LogP contribution is 2.30. The molecule has 134 valence electrons. The summed E-state index contributed by atoms with van der Waals surface area (Å²) in [5.41, 5.74) is 1.08. The van der Waals surface area contributed by atoms with Crippen LogP contribution in [0.3, 0.4) is 0 Å². The number of nitrogens with one attached hydrogen (secondary N) is 1. The van der Waals surface area contributed by atoms with Gasteiger partial charge in [-0.25, -0.2) is 4.79 Å². The number of imide groups is 1. The van der Waals surface area contributed by atoms with Crippen molar-refractivity contribution in [2.24, 2.45) is 0 Å². The number of nitrogens with zero attached hydrogens (tertiary/aromatic N) is 1. The van der Waals surface area contributed by atoms with Crippen LogP contribution in [-0.2, 0) is 16.8 Å². The number of urea groups is 1. The summed E-state index contributed by atoms with van der Waals surface area (Å²) in [5, 5.41) is 2.71. The van der Waals surface area contributed by atoms with E-state index in [4.69, 9.17) is 0 Å². The molecule has 0 aromatic heterocycles. The van der Waals surface area contributed by atoms with Crippen molar-refractivity contribution < 1.29 is 14.4 Å². The van der Waals surface area contributed by atoms with E-state index in [1.165, 1.54) is 0 Å². The van der Waals surface area contributed by atoms with Gasteiger partial charge in [-0.2, -0.15) is 0 Å². The summed E-state index contributed by atoms with van der Waals surface area (Å²) in [4.78, 5) is 38.7. The summed E-state index contributed by atoms with van der Waals surface area (Å²) in [5.74, 6) is -0.700. The van der Waals surface area contributed by atoms with Gasteiger partial charge >= 0.3 is 6.03 Å². The summed E-state index contributed by atoms with van der Waals surface area (Å²) in [7, 11) is 0. The molecular formula is C20H19BrN2O3. The molecule has 5 nitrogen and oxygen atoms in total. The Morgan fingerprint density at radius 3 is 2.46 bits per heavy atom. The number of carbonyl (C=O) groups is 3. The maximum Gasteiger partial charge on any atom is 0.325 e. The normalized spacial score (nSPS) is 19.6. The van der Waals surface area contributed by atoms with Crippen LogP contribution in [0, 0.1) is 0 Å². The fourth-order valence-electron chi connectivity index (χ4n) is 3.00. The molecule has 1 aliphatic rings. The number of amides is 3. The van der Waals surface area contributed by atoms with Gasteiger partial charge in [0.15, 0.2) is 5.78 Å². The van der Waals surface area contributed by atoms with E-state index < -0.39 is 17.5 Å². The fourth-order valence-corrected chi connectivity index (χ4v) is 3.40. The molecule has 1 saturated heterocycles. The zero-order valence-corrected chi connectivity index (χ0v) is 16.2. The van der Waals surface area contributed by atoms with E-state index >= 15 is 0 Å². The maximum atomic E-state index is 12.9. The summed E-state index contributed by atoms with van der Waals surface area (Å²) in [6, 6.07) is 13.9. The number of halogens is 1. The lowest BCUT2D eigenvalue weighted by atomic mass is 9.92. The van der Waals surface area contributed by atoms with Gasteiger partial charge in [-0.1, -0.05) is 59.3 Å². The first kappa shape index (κ1) is 18.3. The van der Waals surface area contributed by atoms with Gasteiger partial charge in [0.2, 0.25) is 0 Å². The molecular weight excluding hydrogens is 396 g/mol. The number of aryl methyl sites for hydroxylation is 1. The van der Waals surface area contributed by atoms with Crippen LogP contribution in [0.1, 0.15) is 35.3 Å². The molecule has 0 radical (unpaired) electrons. The SMILES string of the molecule is CCc1ccc(C(=O)CN2C(=O)N[C@](C)(c3cccc(Br)c3)C2=O)cc1. The molecule has 1 aliphatic heterocycles. The summed E-state index contributed by atoms with van der Waals surface area (Å²) in [6.07, 6.45) is 0.881. The van der Waals surface area contributed by atoms with Crippen LogP contribution in [0.2, 0.25) is 0 Å². The molecule has 0 unspecified atom stereocenters. The predicted octanol–water partition coefficient (Wildman–Crippen LogP) is 3.66. The van der Waals surface area contributed by atoms with Gasteiger partial charge in [0.1, 0.15) is 5.54 Å². The first-order valence-corrected chi connectivity index (χ1v) is 9.16. The first-order chi connectivity index (χ1) is 12.3. The van der Waals surface area contributed by atoms with E-state index in [1.54, 1.807) is 37.3 Å². The lowest BCUT2D eigenvalue weighted by Gasteiger charge is -2.22. The van der Waals surface area contributed by atoms with Crippen LogP contribution in [0.4, 0.5) is 4.79 Å². The Kier molecular flexibility index (Phi) is 4.96. The highest BCUT2D eigenvalue weighted by Gasteiger charge is 2.49. The van der Waals surface area contributed by atoms with Crippen molar-refractivity contribution in [3.8, 4) is 0 Å². The van der Waals surface area contributed by atoms with Crippen molar-refractivity contribution in [3.63, 3.8) is 0 Å². The number of rotatable bonds is 5. The molecule has 1 heterocycles. The van der Waals surface area contributed by atoms with E-state index in [0.717, 1.165) is 21.4 Å². The number of hydrogen-bond donors (Lipinski definition) is 1. The van der Waals surface area contributed by atoms with E-state index in [9.17, 15) is 14.4 Å². The molecule has 0 aliphatic carbocycles. The monoisotopic (exact) mass is 414 g/mol. The van der Waals surface area contributed by atoms with Crippen molar-refractivity contribution >= 4 is 33.7 Å². The smallest absolute Gasteiger partial charge is 0.319 e. The third-order valence-electron chi connectivity index (χ3n) is 4.66. The van der Waals surface area contributed by atoms with Crippen LogP contribution in [0.25, 0.3) is 0 Å². The second-order valence-corrected chi connectivity index (χ2v) is 7.35. The molecule has 26 heavy (non-hydrogen) atoms. The van der Waals surface area contributed by atoms with Gasteiger partial charge in [0, 0.05) is 10.0 Å². The van der Waals surface area contributed by atoms with Crippen molar-refractivity contribution in [1.82, 2.24) is 10.2 Å². The van der Waals surface area contributed by atoms with Crippen LogP contribution in [0.15, 0.2) is 53.0 Å². The Bertz CT molecular complexity index is 879. The van der Waals surface area contributed by atoms with Gasteiger partial charge in [0.05, 0.1) is 6.54 Å². The van der Waals surface area contributed by atoms with Crippen molar-refractivity contribution in [2.75, 3.05) is 6.54 Å². The minimum absolute atomic E-state index is 0.269. The molecule has 0 bridgehead atoms. The Morgan fingerprint density at radius 1 is 1.15 bits per heavy atom. The van der Waals surface area contributed by atoms with E-state index in [0.29, 0.717) is 11.1 Å². The zero-order valence-electron chi connectivity index (χ0n) is 14.6. The van der Waals surface area contributed by atoms with Crippen LogP contribution < -0.4 is 5.32 Å². The third kappa shape index (κ3) is 3.29. The second-order valence-electron chi connectivity index (χ2n) is 6.43. The average molecular weight is 415 g/mol. The Balaban J connectivity index is 1.81. The fraction of sp³-hybridized carbons (Fsp3) is 0.250. The Morgan fingerprint density at radius 2 is 1.85 bits per heavy atom. The van der Waals surface area contributed by atoms with Crippen LogP contribution in [-0.4, -0.2) is 29.2 Å². The highest BCUT2D eigenvalue weighted by atomic mass is 79.9. The van der Waals surface area contributed by atoms with Gasteiger partial charge in [0.25, 0.3) is 5.91 Å². The first-order valence-electron chi connectivity index (χ1n) is 8.37. The molecule has 2 aromatic rings. The zero-order chi connectivity index (χ0) is 18.9. The Hall–Kier alpha value is -2.47. The Labute approximate surface area is 160 Å². The summed E-state index contributed by atoms with van der Waals surface area (Å²) in [6.45, 7) is 3.40. The van der Waals surface area contributed by atoms with Crippen molar-refractivity contribution in [3.05, 3.63) is 69.7 Å². The van der Waals surface area contributed by atoms with E-state index in [-0.39, 0.29) is 12.3 Å². The molecule has 0 saturated carbocycles. The molecule has 6 heteroatoms. The summed E-state index contributed by atoms with van der Waals surface area (Å²) >= 11 is 3.37. The van der Waals surface area contributed by atoms with Crippen molar-refractivity contribution in [1.29, 1.82) is 0 Å². The van der Waals surface area contributed by atoms with Crippen LogP contribution in [0.5, 0.6) is 0 Å². The molecule has 1 atom stereocenters. The van der Waals surface area contributed by atoms with E-state index in [2.05, 4.69) is 21.2 Å². The molecule has 0 spiro atoms. The molecule has 3 rings (SSSR count). The topological polar surface area (TPSA) is 66.5 Å². The number of Topliss-reactive ketones (excluding diaryl/α,β-unsaturated/α-hetero) is 1. The minimum Gasteiger partial charge on any atom is -0.319 e. The average Bonchev–Trinajstić information content (AvgIpc) is 2.86. The number of benzene rings is 2. The van der Waals surface area contributed by atoms with Gasteiger partial charge in [-0.3, -0.25) is 14.5 Å². The largest absolute Gasteiger partial charge is 0.325 e. The lowest BCUT2D eigenvalue weighted by Crippen LogP contribution is -2.41. The van der Waals surface area contributed by atoms with Gasteiger partial charge in [-0.05, 0) is 36.6 Å².